The molecule has 28 heavy (non-hydrogen) atoms. The van der Waals surface area contributed by atoms with E-state index in [-0.39, 0.29) is 5.92 Å². The summed E-state index contributed by atoms with van der Waals surface area (Å²) < 4.78 is 13.1. The number of allylic oxidation sites excluding steroid dienone is 2. The van der Waals surface area contributed by atoms with Crippen LogP contribution in [0.25, 0.3) is 0 Å². The molecule has 0 aliphatic heterocycles. The molecule has 1 aromatic rings. The van der Waals surface area contributed by atoms with E-state index in [4.69, 9.17) is 5.26 Å². The summed E-state index contributed by atoms with van der Waals surface area (Å²) in [4.78, 5) is 0. The van der Waals surface area contributed by atoms with Crippen LogP contribution < -0.4 is 0 Å². The van der Waals surface area contributed by atoms with E-state index in [1.807, 2.05) is 0 Å². The van der Waals surface area contributed by atoms with E-state index >= 15 is 0 Å². The van der Waals surface area contributed by atoms with Gasteiger partial charge in [-0.3, -0.25) is 0 Å². The molecule has 2 aliphatic rings. The zero-order chi connectivity index (χ0) is 19.8. The summed E-state index contributed by atoms with van der Waals surface area (Å²) in [6.07, 6.45) is 16.7. The molecule has 2 fully saturated rings. The Morgan fingerprint density at radius 1 is 0.964 bits per heavy atom. The normalized spacial score (nSPS) is 28.7. The number of rotatable bonds is 7. The monoisotopic (exact) mass is 381 g/mol. The van der Waals surface area contributed by atoms with Gasteiger partial charge in [-0.2, -0.15) is 9.65 Å². The van der Waals surface area contributed by atoms with E-state index in [2.05, 4.69) is 31.2 Å². The first-order chi connectivity index (χ1) is 13.7. The van der Waals surface area contributed by atoms with E-state index in [1.165, 1.54) is 69.8 Å². The van der Waals surface area contributed by atoms with Gasteiger partial charge in [-0.05, 0) is 98.7 Å². The van der Waals surface area contributed by atoms with E-state index in [0.29, 0.717) is 0 Å². The standard InChI is InChI=1S/C26H36FN/c1-2-3-20-10-14-24(15-11-20)25-16-12-22(13-17-25)5-4-21-6-8-23(9-7-21)18-26(27)19-28/h10-11,14-15,18,21-23,25H,2-9,12-13,16-17H2,1H3/b26-18+/t21-,22-,23-,25-. The second-order valence-corrected chi connectivity index (χ2v) is 9.19. The van der Waals surface area contributed by atoms with Crippen LogP contribution in [0, 0.1) is 29.1 Å². The molecule has 152 valence electrons. The van der Waals surface area contributed by atoms with Crippen molar-refractivity contribution in [2.75, 3.05) is 0 Å². The number of nitriles is 1. The third-order valence-electron chi connectivity index (χ3n) is 7.20. The Balaban J connectivity index is 1.35. The van der Waals surface area contributed by atoms with E-state index in [1.54, 1.807) is 17.7 Å². The largest absolute Gasteiger partial charge is 0.196 e. The Labute approximate surface area is 171 Å². The van der Waals surface area contributed by atoms with E-state index < -0.39 is 5.83 Å². The average Bonchev–Trinajstić information content (AvgIpc) is 2.74. The molecular weight excluding hydrogens is 345 g/mol. The molecular formula is C26H36FN. The summed E-state index contributed by atoms with van der Waals surface area (Å²) in [5.41, 5.74) is 3.02. The minimum absolute atomic E-state index is 0.287. The molecule has 0 aromatic heterocycles. The fourth-order valence-corrected chi connectivity index (χ4v) is 5.39. The molecule has 0 amide bonds. The predicted octanol–water partition coefficient (Wildman–Crippen LogP) is 7.88. The first kappa shape index (κ1) is 21.1. The van der Waals surface area contributed by atoms with Crippen molar-refractivity contribution in [2.24, 2.45) is 17.8 Å². The Kier molecular flexibility index (Phi) is 8.13. The highest BCUT2D eigenvalue weighted by atomic mass is 19.1. The summed E-state index contributed by atoms with van der Waals surface area (Å²) >= 11 is 0. The number of nitrogens with zero attached hydrogens (tertiary/aromatic N) is 1. The van der Waals surface area contributed by atoms with E-state index in [0.717, 1.165) is 30.6 Å². The van der Waals surface area contributed by atoms with Gasteiger partial charge < -0.3 is 0 Å². The fraction of sp³-hybridized carbons (Fsp3) is 0.654. The van der Waals surface area contributed by atoms with Crippen molar-refractivity contribution in [3.8, 4) is 6.07 Å². The lowest BCUT2D eigenvalue weighted by atomic mass is 9.74. The van der Waals surface area contributed by atoms with Crippen LogP contribution in [0.1, 0.15) is 94.6 Å². The van der Waals surface area contributed by atoms with Crippen molar-refractivity contribution in [1.29, 1.82) is 5.26 Å². The van der Waals surface area contributed by atoms with Crippen LogP contribution >= 0.6 is 0 Å². The first-order valence-corrected chi connectivity index (χ1v) is 11.5. The Bertz CT molecular complexity index is 653. The van der Waals surface area contributed by atoms with Crippen molar-refractivity contribution in [3.63, 3.8) is 0 Å². The van der Waals surface area contributed by atoms with Crippen LogP contribution in [0.15, 0.2) is 36.2 Å². The van der Waals surface area contributed by atoms with Gasteiger partial charge in [0.15, 0.2) is 5.83 Å². The number of hydrogen-bond acceptors (Lipinski definition) is 1. The van der Waals surface area contributed by atoms with Gasteiger partial charge in [0.1, 0.15) is 6.07 Å². The van der Waals surface area contributed by atoms with Crippen LogP contribution in [0.4, 0.5) is 4.39 Å². The maximum Gasteiger partial charge on any atom is 0.196 e. The number of aryl methyl sites for hydroxylation is 1. The number of hydrogen-bond donors (Lipinski definition) is 0. The molecule has 2 aliphatic carbocycles. The molecule has 0 heterocycles. The van der Waals surface area contributed by atoms with Gasteiger partial charge in [-0.25, -0.2) is 0 Å². The van der Waals surface area contributed by atoms with Gasteiger partial charge in [0.25, 0.3) is 0 Å². The van der Waals surface area contributed by atoms with Gasteiger partial charge in [-0.15, -0.1) is 0 Å². The quantitative estimate of drug-likeness (QED) is 0.441. The van der Waals surface area contributed by atoms with E-state index in [9.17, 15) is 4.39 Å². The van der Waals surface area contributed by atoms with Crippen molar-refractivity contribution in [1.82, 2.24) is 0 Å². The van der Waals surface area contributed by atoms with Gasteiger partial charge in [0.2, 0.25) is 0 Å². The Morgan fingerprint density at radius 2 is 1.54 bits per heavy atom. The second kappa shape index (κ2) is 10.8. The minimum Gasteiger partial charge on any atom is -0.195 e. The molecule has 0 unspecified atom stereocenters. The molecule has 0 radical (unpaired) electrons. The van der Waals surface area contributed by atoms with Crippen molar-refractivity contribution < 1.29 is 4.39 Å². The molecule has 0 spiro atoms. The first-order valence-electron chi connectivity index (χ1n) is 11.5. The second-order valence-electron chi connectivity index (χ2n) is 9.19. The SMILES string of the molecule is CCCc1ccc([C@H]2CC[C@H](CC[C@H]3CC[C@H](/C=C(/F)C#N)CC3)CC2)cc1. The lowest BCUT2D eigenvalue weighted by Crippen LogP contribution is -2.17. The molecule has 3 rings (SSSR count). The Morgan fingerprint density at radius 3 is 2.07 bits per heavy atom. The topological polar surface area (TPSA) is 23.8 Å². The Hall–Kier alpha value is -1.62. The number of halogens is 1. The minimum atomic E-state index is -0.597. The average molecular weight is 382 g/mol. The summed E-state index contributed by atoms with van der Waals surface area (Å²) in [5, 5.41) is 8.58. The summed E-state index contributed by atoms with van der Waals surface area (Å²) in [6.45, 7) is 2.24. The maximum atomic E-state index is 13.1. The molecule has 1 aromatic carbocycles. The molecule has 2 saturated carbocycles. The van der Waals surface area contributed by atoms with Gasteiger partial charge in [0.05, 0.1) is 0 Å². The van der Waals surface area contributed by atoms with Gasteiger partial charge >= 0.3 is 0 Å². The van der Waals surface area contributed by atoms with Gasteiger partial charge in [-0.1, -0.05) is 50.5 Å². The fourth-order valence-electron chi connectivity index (χ4n) is 5.39. The van der Waals surface area contributed by atoms with Crippen LogP contribution in [-0.2, 0) is 6.42 Å². The summed E-state index contributed by atoms with van der Waals surface area (Å²) in [7, 11) is 0. The lowest BCUT2D eigenvalue weighted by Gasteiger charge is -2.31. The van der Waals surface area contributed by atoms with Gasteiger partial charge in [0, 0.05) is 0 Å². The maximum absolute atomic E-state index is 13.1. The third-order valence-corrected chi connectivity index (χ3v) is 7.20. The van der Waals surface area contributed by atoms with Crippen LogP contribution in [0.5, 0.6) is 0 Å². The van der Waals surface area contributed by atoms with Crippen LogP contribution in [-0.4, -0.2) is 0 Å². The highest BCUT2D eigenvalue weighted by Crippen LogP contribution is 2.40. The highest BCUT2D eigenvalue weighted by molar-refractivity contribution is 5.26. The number of benzene rings is 1. The molecule has 0 atom stereocenters. The zero-order valence-corrected chi connectivity index (χ0v) is 17.5. The molecule has 1 nitrogen and oxygen atoms in total. The van der Waals surface area contributed by atoms with Crippen molar-refractivity contribution in [2.45, 2.75) is 89.9 Å². The van der Waals surface area contributed by atoms with Crippen molar-refractivity contribution >= 4 is 0 Å². The van der Waals surface area contributed by atoms with Crippen LogP contribution in [0.2, 0.25) is 0 Å². The molecule has 2 heteroatoms. The summed E-state index contributed by atoms with van der Waals surface area (Å²) in [6, 6.07) is 11.0. The highest BCUT2D eigenvalue weighted by Gasteiger charge is 2.25. The molecule has 0 saturated heterocycles. The lowest BCUT2D eigenvalue weighted by molar-refractivity contribution is 0.245. The molecule has 0 bridgehead atoms. The van der Waals surface area contributed by atoms with Crippen LogP contribution in [0.3, 0.4) is 0 Å². The smallest absolute Gasteiger partial charge is 0.195 e. The zero-order valence-electron chi connectivity index (χ0n) is 17.5. The third kappa shape index (κ3) is 6.20. The summed E-state index contributed by atoms with van der Waals surface area (Å²) in [5.74, 6) is 2.18. The molecule has 0 N–H and O–H groups in total. The predicted molar refractivity (Wildman–Crippen MR) is 115 cm³/mol. The van der Waals surface area contributed by atoms with Crippen molar-refractivity contribution in [3.05, 3.63) is 47.3 Å².